The van der Waals surface area contributed by atoms with Gasteiger partial charge in [-0.15, -0.1) is 0 Å². The number of likely N-dealkylation sites (tertiary alicyclic amines) is 3. The molecule has 1 saturated carbocycles. The van der Waals surface area contributed by atoms with Crippen LogP contribution in [-0.2, 0) is 14.3 Å². The van der Waals surface area contributed by atoms with E-state index in [0.717, 1.165) is 58.0 Å². The minimum absolute atomic E-state index is 0.0694. The largest absolute Gasteiger partial charge is 0.383 e. The maximum atomic E-state index is 13.9. The molecule has 4 aliphatic rings. The van der Waals surface area contributed by atoms with Crippen LogP contribution in [0.1, 0.15) is 70.6 Å². The molecule has 1 aliphatic carbocycles. The molecule has 0 N–H and O–H groups in total. The molecule has 0 aromatic rings. The maximum Gasteiger partial charge on any atom is 0.230 e. The zero-order valence-corrected chi connectivity index (χ0v) is 18.2. The van der Waals surface area contributed by atoms with E-state index in [-0.39, 0.29) is 17.4 Å². The summed E-state index contributed by atoms with van der Waals surface area (Å²) in [7, 11) is 1.68. The average molecular weight is 406 g/mol. The summed E-state index contributed by atoms with van der Waals surface area (Å²) in [6, 6.07) is 0.727. The number of fused-ring (bicyclic) bond motifs is 1. The Kier molecular flexibility index (Phi) is 6.80. The molecular weight excluding hydrogens is 366 g/mol. The maximum absolute atomic E-state index is 13.9. The van der Waals surface area contributed by atoms with Crippen molar-refractivity contribution in [3.63, 3.8) is 0 Å². The van der Waals surface area contributed by atoms with Crippen molar-refractivity contribution in [1.82, 2.24) is 14.7 Å². The average Bonchev–Trinajstić information content (AvgIpc) is 2.79. The van der Waals surface area contributed by atoms with Crippen LogP contribution in [0.4, 0.5) is 0 Å². The molecule has 2 amide bonds. The molecule has 164 valence electrons. The number of hydrogen-bond acceptors (Lipinski definition) is 4. The van der Waals surface area contributed by atoms with Gasteiger partial charge < -0.3 is 19.4 Å². The molecule has 29 heavy (non-hydrogen) atoms. The second kappa shape index (κ2) is 9.34. The minimum atomic E-state index is -0.349. The van der Waals surface area contributed by atoms with Crippen LogP contribution < -0.4 is 0 Å². The number of methoxy groups -OCH3 is 1. The summed E-state index contributed by atoms with van der Waals surface area (Å²) >= 11 is 0. The Morgan fingerprint density at radius 1 is 1.00 bits per heavy atom. The van der Waals surface area contributed by atoms with Crippen LogP contribution in [0.5, 0.6) is 0 Å². The number of nitrogens with zero attached hydrogens (tertiary/aromatic N) is 3. The van der Waals surface area contributed by atoms with Gasteiger partial charge in [-0.25, -0.2) is 0 Å². The third-order valence-corrected chi connectivity index (χ3v) is 8.09. The highest BCUT2D eigenvalue weighted by Crippen LogP contribution is 2.48. The molecule has 0 bridgehead atoms. The number of carbonyl (C=O) groups excluding carboxylic acids is 2. The second-order valence-corrected chi connectivity index (χ2v) is 9.62. The SMILES string of the molecule is COCCN1C(=O)CC[C@]2(C(=O)N3CCC(N4CCCCC4)CC3)CCCC[C@@H]12. The molecule has 0 radical (unpaired) electrons. The van der Waals surface area contributed by atoms with Gasteiger partial charge in [-0.1, -0.05) is 19.3 Å². The fourth-order valence-corrected chi connectivity index (χ4v) is 6.47. The summed E-state index contributed by atoms with van der Waals surface area (Å²) in [5, 5.41) is 0. The van der Waals surface area contributed by atoms with Crippen molar-refractivity contribution in [2.75, 3.05) is 46.4 Å². The van der Waals surface area contributed by atoms with E-state index in [1.165, 1.54) is 32.4 Å². The summed E-state index contributed by atoms with van der Waals surface area (Å²) in [4.78, 5) is 33.3. The Labute approximate surface area is 175 Å². The molecule has 0 unspecified atom stereocenters. The first-order valence-corrected chi connectivity index (χ1v) is 12.0. The third kappa shape index (κ3) is 4.20. The van der Waals surface area contributed by atoms with E-state index in [4.69, 9.17) is 4.74 Å². The van der Waals surface area contributed by atoms with Crippen molar-refractivity contribution in [1.29, 1.82) is 0 Å². The fourth-order valence-electron chi connectivity index (χ4n) is 6.47. The van der Waals surface area contributed by atoms with Crippen LogP contribution in [0.15, 0.2) is 0 Å². The molecule has 6 nitrogen and oxygen atoms in total. The quantitative estimate of drug-likeness (QED) is 0.706. The van der Waals surface area contributed by atoms with Gasteiger partial charge in [0.15, 0.2) is 0 Å². The predicted octanol–water partition coefficient (Wildman–Crippen LogP) is 2.66. The van der Waals surface area contributed by atoms with Gasteiger partial charge in [-0.2, -0.15) is 0 Å². The van der Waals surface area contributed by atoms with Crippen molar-refractivity contribution < 1.29 is 14.3 Å². The van der Waals surface area contributed by atoms with Crippen LogP contribution in [0.2, 0.25) is 0 Å². The molecule has 4 rings (SSSR count). The highest BCUT2D eigenvalue weighted by atomic mass is 16.5. The van der Waals surface area contributed by atoms with Crippen molar-refractivity contribution in [2.24, 2.45) is 5.41 Å². The number of rotatable bonds is 5. The highest BCUT2D eigenvalue weighted by molar-refractivity contribution is 5.88. The molecule has 0 spiro atoms. The van der Waals surface area contributed by atoms with E-state index < -0.39 is 0 Å². The van der Waals surface area contributed by atoms with Gasteiger partial charge in [-0.05, 0) is 58.0 Å². The lowest BCUT2D eigenvalue weighted by molar-refractivity contribution is -0.163. The molecule has 4 fully saturated rings. The van der Waals surface area contributed by atoms with Crippen molar-refractivity contribution >= 4 is 11.8 Å². The Morgan fingerprint density at radius 3 is 2.48 bits per heavy atom. The smallest absolute Gasteiger partial charge is 0.230 e. The molecule has 3 heterocycles. The number of hydrogen-bond donors (Lipinski definition) is 0. The van der Waals surface area contributed by atoms with E-state index in [0.29, 0.717) is 31.5 Å². The minimum Gasteiger partial charge on any atom is -0.383 e. The van der Waals surface area contributed by atoms with E-state index in [1.54, 1.807) is 7.11 Å². The zero-order valence-electron chi connectivity index (χ0n) is 18.2. The van der Waals surface area contributed by atoms with E-state index in [9.17, 15) is 9.59 Å². The van der Waals surface area contributed by atoms with Gasteiger partial charge in [0.1, 0.15) is 0 Å². The normalized spacial score (nSPS) is 32.3. The van der Waals surface area contributed by atoms with Gasteiger partial charge in [0, 0.05) is 45.2 Å². The van der Waals surface area contributed by atoms with Crippen LogP contribution in [0, 0.1) is 5.41 Å². The van der Waals surface area contributed by atoms with E-state index in [1.807, 2.05) is 4.90 Å². The molecule has 3 saturated heterocycles. The zero-order chi connectivity index (χ0) is 20.3. The summed E-state index contributed by atoms with van der Waals surface area (Å²) in [5.41, 5.74) is -0.349. The first kappa shape index (κ1) is 21.1. The number of carbonyl (C=O) groups is 2. The predicted molar refractivity (Wildman–Crippen MR) is 113 cm³/mol. The van der Waals surface area contributed by atoms with Gasteiger partial charge in [0.25, 0.3) is 0 Å². The second-order valence-electron chi connectivity index (χ2n) is 9.62. The number of amides is 2. The first-order valence-electron chi connectivity index (χ1n) is 12.0. The number of ether oxygens (including phenoxy) is 1. The molecule has 3 aliphatic heterocycles. The van der Waals surface area contributed by atoms with Crippen molar-refractivity contribution in [3.8, 4) is 0 Å². The lowest BCUT2D eigenvalue weighted by Gasteiger charge is -2.53. The van der Waals surface area contributed by atoms with Gasteiger partial charge in [-0.3, -0.25) is 9.59 Å². The van der Waals surface area contributed by atoms with Gasteiger partial charge in [0.2, 0.25) is 11.8 Å². The van der Waals surface area contributed by atoms with E-state index >= 15 is 0 Å². The van der Waals surface area contributed by atoms with Crippen LogP contribution >= 0.6 is 0 Å². The summed E-state index contributed by atoms with van der Waals surface area (Å²) in [6.45, 7) is 5.42. The fraction of sp³-hybridized carbons (Fsp3) is 0.913. The van der Waals surface area contributed by atoms with Crippen molar-refractivity contribution in [3.05, 3.63) is 0 Å². The van der Waals surface area contributed by atoms with Gasteiger partial charge >= 0.3 is 0 Å². The Bertz CT molecular complexity index is 584. The van der Waals surface area contributed by atoms with E-state index in [2.05, 4.69) is 9.80 Å². The molecule has 0 aromatic heterocycles. The van der Waals surface area contributed by atoms with Crippen LogP contribution in [0.3, 0.4) is 0 Å². The molecule has 2 atom stereocenters. The number of piperidine rings is 3. The summed E-state index contributed by atoms with van der Waals surface area (Å²) in [5.74, 6) is 0.551. The van der Waals surface area contributed by atoms with Crippen LogP contribution in [-0.4, -0.2) is 85.0 Å². The molecule has 0 aromatic carbocycles. The summed E-state index contributed by atoms with van der Waals surface area (Å²) in [6.07, 6.45) is 11.6. The monoisotopic (exact) mass is 405 g/mol. The highest BCUT2D eigenvalue weighted by Gasteiger charge is 2.54. The lowest BCUT2D eigenvalue weighted by Crippen LogP contribution is -2.63. The van der Waals surface area contributed by atoms with Crippen molar-refractivity contribution in [2.45, 2.75) is 82.7 Å². The topological polar surface area (TPSA) is 53.1 Å². The lowest BCUT2D eigenvalue weighted by atomic mass is 9.64. The Hall–Kier alpha value is -1.14. The molecular formula is C23H39N3O3. The molecule has 6 heteroatoms. The first-order chi connectivity index (χ1) is 14.2. The Balaban J connectivity index is 1.44. The van der Waals surface area contributed by atoms with Crippen LogP contribution in [0.25, 0.3) is 0 Å². The Morgan fingerprint density at radius 2 is 1.76 bits per heavy atom. The third-order valence-electron chi connectivity index (χ3n) is 8.09. The standard InChI is InChI=1S/C23H39N3O3/c1-29-18-17-26-20-7-3-4-11-23(20,12-8-21(26)27)22(28)25-15-9-19(10-16-25)24-13-5-2-6-14-24/h19-20H,2-18H2,1H3/t20-,23-/m1/s1. The van der Waals surface area contributed by atoms with Gasteiger partial charge in [0.05, 0.1) is 12.0 Å². The summed E-state index contributed by atoms with van der Waals surface area (Å²) < 4.78 is 5.26.